The van der Waals surface area contributed by atoms with Gasteiger partial charge in [-0.2, -0.15) is 12.7 Å². The highest BCUT2D eigenvalue weighted by Crippen LogP contribution is 2.40. The molecule has 2 aliphatic heterocycles. The molecule has 1 saturated heterocycles. The van der Waals surface area contributed by atoms with Crippen molar-refractivity contribution in [1.82, 2.24) is 18.9 Å². The lowest BCUT2D eigenvalue weighted by molar-refractivity contribution is -0.139. The third-order valence-corrected chi connectivity index (χ3v) is 8.25. The number of aromatic nitrogens is 1. The molecule has 0 radical (unpaired) electrons. The Morgan fingerprint density at radius 3 is 2.82 bits per heavy atom. The molecule has 176 valence electrons. The number of nitrogens with zero attached hydrogens (tertiary/aromatic N) is 4. The summed E-state index contributed by atoms with van der Waals surface area (Å²) in [5.74, 6) is -0.526. The highest BCUT2D eigenvalue weighted by molar-refractivity contribution is 9.10. The van der Waals surface area contributed by atoms with Gasteiger partial charge < -0.3 is 9.64 Å². The van der Waals surface area contributed by atoms with E-state index >= 15 is 0 Å². The highest BCUT2D eigenvalue weighted by Gasteiger charge is 2.42. The third-order valence-electron chi connectivity index (χ3n) is 5.29. The minimum Gasteiger partial charge on any atom is -0.463 e. The number of carbonyl (C=O) groups excluding carboxylic acids is 1. The summed E-state index contributed by atoms with van der Waals surface area (Å²) in [4.78, 5) is 24.2. The number of fused-ring (bicyclic) bond motifs is 1. The molecule has 0 saturated carbocycles. The largest absolute Gasteiger partial charge is 0.463 e. The van der Waals surface area contributed by atoms with E-state index in [2.05, 4.69) is 25.6 Å². The Morgan fingerprint density at radius 2 is 2.18 bits per heavy atom. The van der Waals surface area contributed by atoms with E-state index in [1.165, 1.54) is 34.8 Å². The number of aliphatic imine (C=N–C) groups is 1. The number of rotatable bonds is 6. The average molecular weight is 558 g/mol. The van der Waals surface area contributed by atoms with Crippen LogP contribution in [0.25, 0.3) is 0 Å². The molecule has 13 heteroatoms. The van der Waals surface area contributed by atoms with E-state index in [0.29, 0.717) is 26.6 Å². The van der Waals surface area contributed by atoms with Gasteiger partial charge in [-0.3, -0.25) is 4.99 Å². The van der Waals surface area contributed by atoms with E-state index in [1.807, 2.05) is 10.3 Å². The molecule has 0 bridgehead atoms. The quantitative estimate of drug-likeness (QED) is 0.547. The maximum absolute atomic E-state index is 13.8. The zero-order chi connectivity index (χ0) is 23.8. The Labute approximate surface area is 203 Å². The van der Waals surface area contributed by atoms with Gasteiger partial charge >= 0.3 is 5.97 Å². The Balaban J connectivity index is 1.93. The first-order chi connectivity index (χ1) is 15.8. The van der Waals surface area contributed by atoms with Crippen molar-refractivity contribution in [2.45, 2.75) is 13.0 Å². The van der Waals surface area contributed by atoms with E-state index in [9.17, 15) is 17.6 Å². The fraction of sp³-hybridized carbons (Fsp3) is 0.350. The number of amidine groups is 1. The van der Waals surface area contributed by atoms with Crippen molar-refractivity contribution in [2.24, 2.45) is 4.99 Å². The van der Waals surface area contributed by atoms with Gasteiger partial charge in [-0.1, -0.05) is 22.0 Å². The predicted octanol–water partition coefficient (Wildman–Crippen LogP) is 2.45. The summed E-state index contributed by atoms with van der Waals surface area (Å²) < 4.78 is 48.3. The van der Waals surface area contributed by atoms with Crippen LogP contribution in [0.4, 0.5) is 4.39 Å². The molecule has 1 N–H and O–H groups in total. The molecule has 33 heavy (non-hydrogen) atoms. The second kappa shape index (κ2) is 9.58. The van der Waals surface area contributed by atoms with E-state index in [-0.39, 0.29) is 31.8 Å². The van der Waals surface area contributed by atoms with E-state index in [1.54, 1.807) is 19.2 Å². The number of nitrogens with one attached hydrogen (secondary N) is 1. The monoisotopic (exact) mass is 557 g/mol. The molecule has 0 spiro atoms. The molecule has 9 nitrogen and oxygen atoms in total. The van der Waals surface area contributed by atoms with Crippen LogP contribution in [0, 0.1) is 5.82 Å². The number of piperazine rings is 1. The van der Waals surface area contributed by atoms with Crippen LogP contribution in [0.2, 0.25) is 0 Å². The van der Waals surface area contributed by atoms with Gasteiger partial charge in [0.1, 0.15) is 11.9 Å². The van der Waals surface area contributed by atoms with E-state index in [4.69, 9.17) is 9.73 Å². The highest BCUT2D eigenvalue weighted by atomic mass is 79.9. The number of hydrogen-bond donors (Lipinski definition) is 1. The van der Waals surface area contributed by atoms with Crippen molar-refractivity contribution in [3.8, 4) is 0 Å². The van der Waals surface area contributed by atoms with Crippen molar-refractivity contribution in [3.63, 3.8) is 0 Å². The number of hydrogen-bond acceptors (Lipinski definition) is 8. The predicted molar refractivity (Wildman–Crippen MR) is 125 cm³/mol. The normalized spacial score (nSPS) is 19.3. The van der Waals surface area contributed by atoms with Crippen LogP contribution in [0.15, 0.2) is 50.5 Å². The molecule has 2 aromatic rings. The van der Waals surface area contributed by atoms with Crippen LogP contribution in [0.5, 0.6) is 0 Å². The van der Waals surface area contributed by atoms with Crippen LogP contribution in [-0.4, -0.2) is 67.7 Å². The standard InChI is InChI=1S/C20H21BrFN5O4S2/c1-3-31-20(28)16-15-11-26(33(29,30)23-2)7-8-27(15)18(19-24-6-9-32-19)25-17(16)13-5-4-12(22)10-14(13)21/h4-6,9-10,17,23H,3,7-8,11H2,1-2H3/t17-/m0/s1. The molecule has 1 aromatic carbocycles. The average Bonchev–Trinajstić information content (AvgIpc) is 3.32. The van der Waals surface area contributed by atoms with Gasteiger partial charge in [0.25, 0.3) is 10.2 Å². The molecule has 1 atom stereocenters. The number of thiazole rings is 1. The number of benzene rings is 1. The number of esters is 1. The fourth-order valence-electron chi connectivity index (χ4n) is 3.78. The van der Waals surface area contributed by atoms with Gasteiger partial charge in [-0.05, 0) is 24.6 Å². The van der Waals surface area contributed by atoms with Gasteiger partial charge in [0.2, 0.25) is 0 Å². The molecule has 0 amide bonds. The smallest absolute Gasteiger partial charge is 0.338 e. The van der Waals surface area contributed by atoms with Crippen molar-refractivity contribution in [1.29, 1.82) is 0 Å². The van der Waals surface area contributed by atoms with Gasteiger partial charge in [0, 0.05) is 41.9 Å². The topological polar surface area (TPSA) is 104 Å². The van der Waals surface area contributed by atoms with Gasteiger partial charge in [0.15, 0.2) is 10.8 Å². The molecular formula is C20H21BrFN5O4S2. The maximum atomic E-state index is 13.8. The summed E-state index contributed by atoms with van der Waals surface area (Å²) in [6.07, 6.45) is 1.65. The molecule has 1 fully saturated rings. The zero-order valence-electron chi connectivity index (χ0n) is 17.8. The van der Waals surface area contributed by atoms with Gasteiger partial charge in [-0.25, -0.2) is 18.9 Å². The SMILES string of the molecule is CCOC(=O)C1=C2CN(S(=O)(=O)NC)CCN2C(c2nccs2)=N[C@H]1c1ccc(F)cc1Br. The van der Waals surface area contributed by atoms with Gasteiger partial charge in [-0.15, -0.1) is 11.3 Å². The summed E-state index contributed by atoms with van der Waals surface area (Å²) in [7, 11) is -2.40. The van der Waals surface area contributed by atoms with Crippen LogP contribution in [0.1, 0.15) is 23.5 Å². The molecule has 3 heterocycles. The Kier molecular flexibility index (Phi) is 6.96. The molecule has 2 aliphatic rings. The minimum absolute atomic E-state index is 0.0585. The van der Waals surface area contributed by atoms with Crippen LogP contribution in [-0.2, 0) is 19.7 Å². The first kappa shape index (κ1) is 24.0. The maximum Gasteiger partial charge on any atom is 0.338 e. The van der Waals surface area contributed by atoms with E-state index in [0.717, 1.165) is 0 Å². The molecular weight excluding hydrogens is 537 g/mol. The second-order valence-corrected chi connectivity index (χ2v) is 10.8. The Hall–Kier alpha value is -2.19. The summed E-state index contributed by atoms with van der Waals surface area (Å²) >= 11 is 4.76. The van der Waals surface area contributed by atoms with Gasteiger partial charge in [0.05, 0.1) is 18.7 Å². The number of ether oxygens (including phenoxy) is 1. The molecule has 0 unspecified atom stereocenters. The third kappa shape index (κ3) is 4.60. The second-order valence-electron chi connectivity index (χ2n) is 7.13. The lowest BCUT2D eigenvalue weighted by Crippen LogP contribution is -2.53. The summed E-state index contributed by atoms with van der Waals surface area (Å²) in [5.41, 5.74) is 1.22. The fourth-order valence-corrected chi connectivity index (χ4v) is 5.86. The van der Waals surface area contributed by atoms with Crippen molar-refractivity contribution < 1.29 is 22.3 Å². The first-order valence-corrected chi connectivity index (χ1v) is 13.2. The van der Waals surface area contributed by atoms with Crippen LogP contribution in [0.3, 0.4) is 0 Å². The Morgan fingerprint density at radius 1 is 1.39 bits per heavy atom. The lowest BCUT2D eigenvalue weighted by atomic mass is 9.94. The molecule has 0 aliphatic carbocycles. The van der Waals surface area contributed by atoms with E-state index < -0.39 is 28.0 Å². The molecule has 4 rings (SSSR count). The van der Waals surface area contributed by atoms with Crippen molar-refractivity contribution in [3.05, 3.63) is 61.9 Å². The first-order valence-electron chi connectivity index (χ1n) is 10.1. The summed E-state index contributed by atoms with van der Waals surface area (Å²) in [6, 6.07) is 3.29. The Bertz CT molecular complexity index is 1230. The summed E-state index contributed by atoms with van der Waals surface area (Å²) in [5, 5.41) is 2.44. The van der Waals surface area contributed by atoms with Crippen molar-refractivity contribution in [2.75, 3.05) is 33.3 Å². The number of carbonyl (C=O) groups is 1. The minimum atomic E-state index is -3.74. The number of halogens is 2. The summed E-state index contributed by atoms with van der Waals surface area (Å²) in [6.45, 7) is 2.23. The van der Waals surface area contributed by atoms with Crippen molar-refractivity contribution >= 4 is 49.3 Å². The van der Waals surface area contributed by atoms with Crippen LogP contribution < -0.4 is 4.72 Å². The lowest BCUT2D eigenvalue weighted by Gasteiger charge is -2.41. The zero-order valence-corrected chi connectivity index (χ0v) is 21.0. The van der Waals surface area contributed by atoms with Crippen LogP contribution >= 0.6 is 27.3 Å². The molecule has 1 aromatic heterocycles.